The van der Waals surface area contributed by atoms with E-state index < -0.39 is 5.60 Å². The zero-order chi connectivity index (χ0) is 18.0. The van der Waals surface area contributed by atoms with Gasteiger partial charge < -0.3 is 15.3 Å². The Bertz CT molecular complexity index is 796. The van der Waals surface area contributed by atoms with Gasteiger partial charge in [-0.1, -0.05) is 6.07 Å². The predicted molar refractivity (Wildman–Crippen MR) is 99.2 cm³/mol. The summed E-state index contributed by atoms with van der Waals surface area (Å²) < 4.78 is 0. The summed E-state index contributed by atoms with van der Waals surface area (Å²) in [6.07, 6.45) is 10.1. The van der Waals surface area contributed by atoms with Gasteiger partial charge in [-0.3, -0.25) is 9.78 Å². The number of anilines is 1. The molecule has 0 bridgehead atoms. The topological polar surface area (TPSA) is 78.4 Å². The highest BCUT2D eigenvalue weighted by atomic mass is 16.3. The molecule has 1 atom stereocenters. The van der Waals surface area contributed by atoms with Crippen LogP contribution in [-0.2, 0) is 12.8 Å². The van der Waals surface area contributed by atoms with Crippen LogP contribution < -0.4 is 10.2 Å². The molecule has 0 spiro atoms. The number of β-amino-alcohol motifs (C(OH)–C–C–N with tert-alkyl or cyclic N) is 1. The lowest BCUT2D eigenvalue weighted by Gasteiger charge is -2.24. The number of nitrogens with zero attached hydrogens (tertiary/aromatic N) is 3. The molecule has 1 aromatic heterocycles. The maximum Gasteiger partial charge on any atom is 0.251 e. The van der Waals surface area contributed by atoms with E-state index in [4.69, 9.17) is 0 Å². The number of aryl methyl sites for hydroxylation is 2. The second-order valence-electron chi connectivity index (χ2n) is 7.33. The van der Waals surface area contributed by atoms with Crippen molar-refractivity contribution in [3.05, 3.63) is 53.5 Å². The van der Waals surface area contributed by atoms with Gasteiger partial charge in [0.25, 0.3) is 5.91 Å². The van der Waals surface area contributed by atoms with Crippen molar-refractivity contribution in [2.45, 2.75) is 37.7 Å². The zero-order valence-electron chi connectivity index (χ0n) is 14.8. The van der Waals surface area contributed by atoms with E-state index in [-0.39, 0.29) is 12.5 Å². The Hall–Kier alpha value is -2.47. The van der Waals surface area contributed by atoms with Crippen LogP contribution in [0.25, 0.3) is 0 Å². The van der Waals surface area contributed by atoms with Crippen molar-refractivity contribution in [2.24, 2.45) is 0 Å². The number of benzene rings is 1. The summed E-state index contributed by atoms with van der Waals surface area (Å²) in [5, 5.41) is 13.7. The van der Waals surface area contributed by atoms with Crippen molar-refractivity contribution >= 4 is 11.7 Å². The van der Waals surface area contributed by atoms with Crippen molar-refractivity contribution in [3.8, 4) is 0 Å². The fourth-order valence-electron chi connectivity index (χ4n) is 3.87. The highest BCUT2D eigenvalue weighted by Crippen LogP contribution is 2.25. The van der Waals surface area contributed by atoms with Gasteiger partial charge in [0.1, 0.15) is 11.4 Å². The van der Waals surface area contributed by atoms with E-state index in [1.54, 1.807) is 18.6 Å². The van der Waals surface area contributed by atoms with Gasteiger partial charge in [0.15, 0.2) is 0 Å². The molecule has 6 nitrogen and oxygen atoms in total. The predicted octanol–water partition coefficient (Wildman–Crippen LogP) is 1.73. The van der Waals surface area contributed by atoms with Crippen LogP contribution >= 0.6 is 0 Å². The number of hydrogen-bond acceptors (Lipinski definition) is 5. The smallest absolute Gasteiger partial charge is 0.251 e. The minimum atomic E-state index is -0.943. The third-order valence-electron chi connectivity index (χ3n) is 5.39. The number of hydrogen-bond donors (Lipinski definition) is 2. The molecule has 1 fully saturated rings. The molecule has 0 radical (unpaired) electrons. The third-order valence-corrected chi connectivity index (χ3v) is 5.39. The molecule has 1 aliphatic carbocycles. The largest absolute Gasteiger partial charge is 0.386 e. The summed E-state index contributed by atoms with van der Waals surface area (Å²) in [4.78, 5) is 22.9. The molecule has 2 aliphatic rings. The van der Waals surface area contributed by atoms with E-state index >= 15 is 0 Å². The van der Waals surface area contributed by atoms with E-state index in [1.165, 1.54) is 24.0 Å². The SMILES string of the molecule is O=C(NC[C@]1(O)CCN(c2cnccn2)C1)c1ccc2c(c1)CCCC2. The quantitative estimate of drug-likeness (QED) is 0.876. The minimum Gasteiger partial charge on any atom is -0.386 e. The summed E-state index contributed by atoms with van der Waals surface area (Å²) in [7, 11) is 0. The van der Waals surface area contributed by atoms with Gasteiger partial charge in [0.2, 0.25) is 0 Å². The van der Waals surface area contributed by atoms with Gasteiger partial charge in [-0.25, -0.2) is 4.98 Å². The van der Waals surface area contributed by atoms with Crippen LogP contribution in [0, 0.1) is 0 Å². The van der Waals surface area contributed by atoms with Crippen LogP contribution in [0.2, 0.25) is 0 Å². The maximum atomic E-state index is 12.5. The zero-order valence-corrected chi connectivity index (χ0v) is 14.8. The standard InChI is InChI=1S/C20H24N4O2/c25-19(17-6-5-15-3-1-2-4-16(15)11-17)23-13-20(26)7-10-24(14-20)18-12-21-8-9-22-18/h5-6,8-9,11-12,26H,1-4,7,10,13-14H2,(H,23,25)/t20-/m1/s1. The molecular formula is C20H24N4O2. The number of aromatic nitrogens is 2. The van der Waals surface area contributed by atoms with Crippen LogP contribution in [0.4, 0.5) is 5.82 Å². The first kappa shape index (κ1) is 17.0. The summed E-state index contributed by atoms with van der Waals surface area (Å²) in [5.74, 6) is 0.634. The molecule has 2 heterocycles. The normalized spacial score (nSPS) is 22.1. The van der Waals surface area contributed by atoms with Crippen molar-refractivity contribution in [2.75, 3.05) is 24.5 Å². The number of rotatable bonds is 4. The molecule has 1 aliphatic heterocycles. The average Bonchev–Trinajstić information content (AvgIpc) is 3.09. The molecule has 2 aromatic rings. The molecule has 1 amide bonds. The highest BCUT2D eigenvalue weighted by molar-refractivity contribution is 5.94. The van der Waals surface area contributed by atoms with Crippen molar-refractivity contribution in [1.82, 2.24) is 15.3 Å². The Labute approximate surface area is 153 Å². The monoisotopic (exact) mass is 352 g/mol. The Balaban J connectivity index is 1.37. The Morgan fingerprint density at radius 1 is 1.23 bits per heavy atom. The van der Waals surface area contributed by atoms with E-state index in [0.717, 1.165) is 18.7 Å². The maximum absolute atomic E-state index is 12.5. The first-order valence-electron chi connectivity index (χ1n) is 9.26. The molecule has 6 heteroatoms. The number of amides is 1. The molecule has 0 saturated carbocycles. The number of carbonyl (C=O) groups is 1. The van der Waals surface area contributed by atoms with Gasteiger partial charge in [0, 0.05) is 37.6 Å². The van der Waals surface area contributed by atoms with E-state index in [2.05, 4.69) is 21.4 Å². The minimum absolute atomic E-state index is 0.121. The molecular weight excluding hydrogens is 328 g/mol. The van der Waals surface area contributed by atoms with Gasteiger partial charge in [-0.15, -0.1) is 0 Å². The second kappa shape index (κ2) is 7.03. The third kappa shape index (κ3) is 3.55. The lowest BCUT2D eigenvalue weighted by atomic mass is 9.90. The molecule has 4 rings (SSSR count). The second-order valence-corrected chi connectivity index (χ2v) is 7.33. The number of carbonyl (C=O) groups excluding carboxylic acids is 1. The lowest BCUT2D eigenvalue weighted by Crippen LogP contribution is -2.45. The van der Waals surface area contributed by atoms with E-state index in [9.17, 15) is 9.90 Å². The summed E-state index contributed by atoms with van der Waals surface area (Å²) in [6.45, 7) is 1.37. The van der Waals surface area contributed by atoms with Crippen molar-refractivity contribution in [1.29, 1.82) is 0 Å². The van der Waals surface area contributed by atoms with Crippen LogP contribution in [0.5, 0.6) is 0 Å². The highest BCUT2D eigenvalue weighted by Gasteiger charge is 2.37. The summed E-state index contributed by atoms with van der Waals surface area (Å²) in [6, 6.07) is 5.97. The fourth-order valence-corrected chi connectivity index (χ4v) is 3.87. The van der Waals surface area contributed by atoms with Crippen LogP contribution in [-0.4, -0.2) is 46.2 Å². The molecule has 136 valence electrons. The Morgan fingerprint density at radius 2 is 2.08 bits per heavy atom. The molecule has 26 heavy (non-hydrogen) atoms. The number of fused-ring (bicyclic) bond motifs is 1. The van der Waals surface area contributed by atoms with E-state index in [1.807, 2.05) is 17.0 Å². The molecule has 1 saturated heterocycles. The first-order chi connectivity index (χ1) is 12.6. The van der Waals surface area contributed by atoms with Gasteiger partial charge in [0.05, 0.1) is 6.20 Å². The van der Waals surface area contributed by atoms with Gasteiger partial charge in [-0.2, -0.15) is 0 Å². The van der Waals surface area contributed by atoms with Crippen LogP contribution in [0.1, 0.15) is 40.7 Å². The number of aliphatic hydroxyl groups is 1. The molecule has 2 N–H and O–H groups in total. The summed E-state index contributed by atoms with van der Waals surface area (Å²) >= 11 is 0. The summed E-state index contributed by atoms with van der Waals surface area (Å²) in [5.41, 5.74) is 2.39. The van der Waals surface area contributed by atoms with Gasteiger partial charge in [-0.05, 0) is 55.4 Å². The van der Waals surface area contributed by atoms with Crippen LogP contribution in [0.15, 0.2) is 36.8 Å². The van der Waals surface area contributed by atoms with Crippen molar-refractivity contribution in [3.63, 3.8) is 0 Å². The van der Waals surface area contributed by atoms with Crippen molar-refractivity contribution < 1.29 is 9.90 Å². The Kier molecular flexibility index (Phi) is 4.59. The lowest BCUT2D eigenvalue weighted by molar-refractivity contribution is 0.0575. The van der Waals surface area contributed by atoms with E-state index in [0.29, 0.717) is 25.1 Å². The van der Waals surface area contributed by atoms with Gasteiger partial charge >= 0.3 is 0 Å². The fraction of sp³-hybridized carbons (Fsp3) is 0.450. The molecule has 1 aromatic carbocycles. The first-order valence-corrected chi connectivity index (χ1v) is 9.26. The Morgan fingerprint density at radius 3 is 2.88 bits per heavy atom. The molecule has 0 unspecified atom stereocenters. The average molecular weight is 352 g/mol. The number of nitrogens with one attached hydrogen (secondary N) is 1. The van der Waals surface area contributed by atoms with Crippen LogP contribution in [0.3, 0.4) is 0 Å².